The molecule has 0 bridgehead atoms. The lowest BCUT2D eigenvalue weighted by molar-refractivity contribution is -0.125. The van der Waals surface area contributed by atoms with Gasteiger partial charge in [0.2, 0.25) is 15.9 Å². The maximum absolute atomic E-state index is 12.8. The van der Waals surface area contributed by atoms with Gasteiger partial charge in [-0.3, -0.25) is 4.79 Å². The van der Waals surface area contributed by atoms with Gasteiger partial charge in [-0.05, 0) is 49.2 Å². The van der Waals surface area contributed by atoms with Gasteiger partial charge in [-0.1, -0.05) is 29.8 Å². The highest BCUT2D eigenvalue weighted by Crippen LogP contribution is 2.24. The van der Waals surface area contributed by atoms with Crippen molar-refractivity contribution >= 4 is 39.3 Å². The summed E-state index contributed by atoms with van der Waals surface area (Å²) in [7, 11) is -3.55. The van der Waals surface area contributed by atoms with Crippen molar-refractivity contribution < 1.29 is 13.2 Å². The van der Waals surface area contributed by atoms with Crippen molar-refractivity contribution in [2.45, 2.75) is 22.6 Å². The van der Waals surface area contributed by atoms with Crippen molar-refractivity contribution in [3.8, 4) is 0 Å². The lowest BCUT2D eigenvalue weighted by Gasteiger charge is -2.31. The monoisotopic (exact) mass is 438 g/mol. The second kappa shape index (κ2) is 9.78. The minimum atomic E-state index is -3.55. The van der Waals surface area contributed by atoms with E-state index in [1.165, 1.54) is 4.31 Å². The quantitative estimate of drug-likeness (QED) is 0.529. The Morgan fingerprint density at radius 2 is 1.86 bits per heavy atom. The van der Waals surface area contributed by atoms with E-state index in [-0.39, 0.29) is 23.3 Å². The minimum absolute atomic E-state index is 0.0790. The zero-order valence-electron chi connectivity index (χ0n) is 15.4. The molecule has 0 spiro atoms. The van der Waals surface area contributed by atoms with E-state index in [0.29, 0.717) is 31.0 Å². The van der Waals surface area contributed by atoms with Crippen molar-refractivity contribution in [2.75, 3.05) is 25.4 Å². The van der Waals surface area contributed by atoms with Crippen LogP contribution in [0.2, 0.25) is 5.02 Å². The van der Waals surface area contributed by atoms with Gasteiger partial charge in [0.25, 0.3) is 0 Å². The zero-order chi connectivity index (χ0) is 20.0. The van der Waals surface area contributed by atoms with Crippen LogP contribution in [-0.2, 0) is 14.8 Å². The molecule has 0 unspecified atom stereocenters. The third kappa shape index (κ3) is 5.50. The molecule has 1 heterocycles. The predicted octanol–water partition coefficient (Wildman–Crippen LogP) is 3.65. The number of carbonyl (C=O) groups excluding carboxylic acids is 1. The van der Waals surface area contributed by atoms with Gasteiger partial charge in [0.1, 0.15) is 0 Å². The largest absolute Gasteiger partial charge is 0.355 e. The molecule has 2 aromatic carbocycles. The number of benzene rings is 2. The Balaban J connectivity index is 1.49. The number of hydrogen-bond acceptors (Lipinski definition) is 4. The summed E-state index contributed by atoms with van der Waals surface area (Å²) in [6.07, 6.45) is 1.39. The van der Waals surface area contributed by atoms with Crippen molar-refractivity contribution in [1.29, 1.82) is 0 Å². The minimum Gasteiger partial charge on any atom is -0.355 e. The second-order valence-electron chi connectivity index (χ2n) is 6.61. The molecule has 1 N–H and O–H groups in total. The first kappa shape index (κ1) is 21.2. The molecule has 0 saturated carbocycles. The van der Waals surface area contributed by atoms with E-state index < -0.39 is 10.0 Å². The molecule has 1 aliphatic heterocycles. The van der Waals surface area contributed by atoms with Crippen LogP contribution in [0.25, 0.3) is 0 Å². The number of carbonyl (C=O) groups is 1. The molecule has 3 rings (SSSR count). The maximum atomic E-state index is 12.8. The van der Waals surface area contributed by atoms with E-state index in [4.69, 9.17) is 11.6 Å². The van der Waals surface area contributed by atoms with Crippen LogP contribution in [-0.4, -0.2) is 44.0 Å². The first-order valence-electron chi connectivity index (χ1n) is 9.18. The molecule has 1 atom stereocenters. The summed E-state index contributed by atoms with van der Waals surface area (Å²) in [5, 5.41) is 3.64. The van der Waals surface area contributed by atoms with Crippen LogP contribution in [0, 0.1) is 5.92 Å². The number of hydrogen-bond donors (Lipinski definition) is 1. The topological polar surface area (TPSA) is 66.5 Å². The molecule has 0 radical (unpaired) electrons. The van der Waals surface area contributed by atoms with Crippen LogP contribution in [0.15, 0.2) is 64.4 Å². The van der Waals surface area contributed by atoms with E-state index in [2.05, 4.69) is 5.32 Å². The fourth-order valence-electron chi connectivity index (χ4n) is 3.13. The van der Waals surface area contributed by atoms with Gasteiger partial charge >= 0.3 is 0 Å². The third-order valence-corrected chi connectivity index (χ3v) is 7.76. The number of amides is 1. The number of piperidine rings is 1. The Morgan fingerprint density at radius 1 is 1.14 bits per heavy atom. The van der Waals surface area contributed by atoms with E-state index in [9.17, 15) is 13.2 Å². The number of sulfonamides is 1. The molecule has 5 nitrogen and oxygen atoms in total. The smallest absolute Gasteiger partial charge is 0.243 e. The van der Waals surface area contributed by atoms with Gasteiger partial charge in [0.05, 0.1) is 10.8 Å². The average molecular weight is 439 g/mol. The van der Waals surface area contributed by atoms with Gasteiger partial charge in [0.15, 0.2) is 0 Å². The van der Waals surface area contributed by atoms with Crippen LogP contribution >= 0.6 is 23.4 Å². The van der Waals surface area contributed by atoms with Crippen molar-refractivity contribution in [1.82, 2.24) is 9.62 Å². The lowest BCUT2D eigenvalue weighted by Crippen LogP contribution is -2.45. The Hall–Kier alpha value is -1.54. The van der Waals surface area contributed by atoms with Crippen LogP contribution in [0.5, 0.6) is 0 Å². The number of nitrogens with zero attached hydrogens (tertiary/aromatic N) is 1. The van der Waals surface area contributed by atoms with E-state index in [1.807, 2.05) is 24.3 Å². The summed E-state index contributed by atoms with van der Waals surface area (Å²) < 4.78 is 27.0. The molecule has 0 aliphatic carbocycles. The Morgan fingerprint density at radius 3 is 2.57 bits per heavy atom. The van der Waals surface area contributed by atoms with Crippen LogP contribution in [0.4, 0.5) is 0 Å². The van der Waals surface area contributed by atoms with E-state index >= 15 is 0 Å². The lowest BCUT2D eigenvalue weighted by atomic mass is 9.99. The van der Waals surface area contributed by atoms with Gasteiger partial charge < -0.3 is 5.32 Å². The second-order valence-corrected chi connectivity index (χ2v) is 10.2. The summed E-state index contributed by atoms with van der Waals surface area (Å²) in [4.78, 5) is 13.9. The fourth-order valence-corrected chi connectivity index (χ4v) is 5.57. The summed E-state index contributed by atoms with van der Waals surface area (Å²) in [6.45, 7) is 1.22. The van der Waals surface area contributed by atoms with Crippen molar-refractivity contribution in [3.63, 3.8) is 0 Å². The summed E-state index contributed by atoms with van der Waals surface area (Å²) in [5.74, 6) is 0.351. The molecule has 8 heteroatoms. The zero-order valence-corrected chi connectivity index (χ0v) is 17.8. The highest BCUT2D eigenvalue weighted by molar-refractivity contribution is 7.99. The SMILES string of the molecule is O=C(NCCSc1ccc(Cl)cc1)[C@H]1CCCN(S(=O)(=O)c2ccccc2)C1. The van der Waals surface area contributed by atoms with Gasteiger partial charge in [0, 0.05) is 35.3 Å². The summed E-state index contributed by atoms with van der Waals surface area (Å²) >= 11 is 7.51. The molecule has 0 aromatic heterocycles. The number of nitrogens with one attached hydrogen (secondary N) is 1. The van der Waals surface area contributed by atoms with Crippen molar-refractivity contribution in [3.05, 3.63) is 59.6 Å². The maximum Gasteiger partial charge on any atom is 0.243 e. The van der Waals surface area contributed by atoms with Gasteiger partial charge in [-0.2, -0.15) is 4.31 Å². The average Bonchev–Trinajstić information content (AvgIpc) is 2.73. The molecule has 1 fully saturated rings. The first-order valence-corrected chi connectivity index (χ1v) is 12.0. The number of halogens is 1. The summed E-state index contributed by atoms with van der Waals surface area (Å²) in [6, 6.07) is 16.0. The molecule has 150 valence electrons. The molecule has 28 heavy (non-hydrogen) atoms. The van der Waals surface area contributed by atoms with Crippen LogP contribution < -0.4 is 5.32 Å². The van der Waals surface area contributed by atoms with Crippen LogP contribution in [0.1, 0.15) is 12.8 Å². The molecule has 2 aromatic rings. The van der Waals surface area contributed by atoms with Gasteiger partial charge in [-0.15, -0.1) is 11.8 Å². The van der Waals surface area contributed by atoms with Crippen LogP contribution in [0.3, 0.4) is 0 Å². The van der Waals surface area contributed by atoms with E-state index in [0.717, 1.165) is 10.6 Å². The highest BCUT2D eigenvalue weighted by Gasteiger charge is 2.33. The fraction of sp³-hybridized carbons (Fsp3) is 0.350. The Kier molecular flexibility index (Phi) is 7.40. The standard InChI is InChI=1S/C20H23ClN2O3S2/c21-17-8-10-18(11-9-17)27-14-12-22-20(24)16-5-4-13-23(15-16)28(25,26)19-6-2-1-3-7-19/h1-3,6-11,16H,4-5,12-15H2,(H,22,24)/t16-/m0/s1. The first-order chi connectivity index (χ1) is 13.5. The Bertz CT molecular complexity index is 889. The van der Waals surface area contributed by atoms with Crippen molar-refractivity contribution in [2.24, 2.45) is 5.92 Å². The highest BCUT2D eigenvalue weighted by atomic mass is 35.5. The normalized spacial score (nSPS) is 18.0. The number of thioether (sulfide) groups is 1. The van der Waals surface area contributed by atoms with Gasteiger partial charge in [-0.25, -0.2) is 8.42 Å². The molecular weight excluding hydrogens is 416 g/mol. The summed E-state index contributed by atoms with van der Waals surface area (Å²) in [5.41, 5.74) is 0. The third-order valence-electron chi connectivity index (χ3n) is 4.62. The number of rotatable bonds is 7. The molecule has 1 aliphatic rings. The molecular formula is C20H23ClN2O3S2. The molecule has 1 amide bonds. The predicted molar refractivity (Wildman–Crippen MR) is 113 cm³/mol. The Labute approximate surface area is 175 Å². The molecule has 1 saturated heterocycles. The van der Waals surface area contributed by atoms with E-state index in [1.54, 1.807) is 42.1 Å².